The zero-order chi connectivity index (χ0) is 25.1. The number of hydrogen-bond donors (Lipinski definition) is 1. The maximum absolute atomic E-state index is 13.6. The van der Waals surface area contributed by atoms with Crippen molar-refractivity contribution in [2.24, 2.45) is 0 Å². The fourth-order valence-corrected chi connectivity index (χ4v) is 5.04. The lowest BCUT2D eigenvalue weighted by Gasteiger charge is -2.33. The Labute approximate surface area is 211 Å². The second kappa shape index (κ2) is 10.3. The SMILES string of the molecule is COc1ccc(C(=O)Nc2ccc(N3CCc4ccccc4C3)c(C(=O)N3CCCC3)c2)c(OC)c1. The first-order valence-electron chi connectivity index (χ1n) is 12.4. The molecule has 3 aromatic carbocycles. The van der Waals surface area contributed by atoms with Gasteiger partial charge < -0.3 is 24.6 Å². The Morgan fingerprint density at radius 3 is 2.36 bits per heavy atom. The van der Waals surface area contributed by atoms with E-state index in [1.54, 1.807) is 25.3 Å². The first-order valence-corrected chi connectivity index (χ1v) is 12.4. The molecule has 7 heteroatoms. The van der Waals surface area contributed by atoms with Crippen LogP contribution in [-0.4, -0.2) is 50.6 Å². The zero-order valence-electron chi connectivity index (χ0n) is 20.8. The maximum atomic E-state index is 13.6. The predicted molar refractivity (Wildman–Crippen MR) is 140 cm³/mol. The summed E-state index contributed by atoms with van der Waals surface area (Å²) < 4.78 is 10.6. The molecule has 3 aromatic rings. The van der Waals surface area contributed by atoms with Gasteiger partial charge in [-0.15, -0.1) is 0 Å². The second-order valence-corrected chi connectivity index (χ2v) is 9.19. The van der Waals surface area contributed by atoms with Crippen molar-refractivity contribution in [2.45, 2.75) is 25.8 Å². The van der Waals surface area contributed by atoms with Crippen LogP contribution in [0.3, 0.4) is 0 Å². The Kier molecular flexibility index (Phi) is 6.80. The minimum atomic E-state index is -0.311. The van der Waals surface area contributed by atoms with Gasteiger partial charge >= 0.3 is 0 Å². The molecule has 2 heterocycles. The molecule has 0 aliphatic carbocycles. The number of carbonyl (C=O) groups excluding carboxylic acids is 2. The average molecular weight is 486 g/mol. The first kappa shape index (κ1) is 23.7. The Balaban J connectivity index is 1.45. The molecule has 186 valence electrons. The number of nitrogens with zero attached hydrogens (tertiary/aromatic N) is 2. The highest BCUT2D eigenvalue weighted by atomic mass is 16.5. The van der Waals surface area contributed by atoms with E-state index in [1.165, 1.54) is 18.2 Å². The summed E-state index contributed by atoms with van der Waals surface area (Å²) in [5, 5.41) is 2.95. The van der Waals surface area contributed by atoms with Crippen molar-refractivity contribution >= 4 is 23.2 Å². The molecule has 2 amide bonds. The number of nitrogens with one attached hydrogen (secondary N) is 1. The van der Waals surface area contributed by atoms with E-state index < -0.39 is 0 Å². The molecule has 0 unspecified atom stereocenters. The summed E-state index contributed by atoms with van der Waals surface area (Å²) in [6.07, 6.45) is 2.97. The molecular formula is C29H31N3O4. The summed E-state index contributed by atoms with van der Waals surface area (Å²) in [5.74, 6) is 0.728. The van der Waals surface area contributed by atoms with Gasteiger partial charge in [-0.05, 0) is 60.7 Å². The van der Waals surface area contributed by atoms with E-state index in [0.29, 0.717) is 28.3 Å². The number of methoxy groups -OCH3 is 2. The number of amides is 2. The number of carbonyl (C=O) groups is 2. The Morgan fingerprint density at radius 1 is 0.833 bits per heavy atom. The van der Waals surface area contributed by atoms with Gasteiger partial charge in [0.25, 0.3) is 11.8 Å². The molecule has 7 nitrogen and oxygen atoms in total. The third-order valence-electron chi connectivity index (χ3n) is 7.00. The van der Waals surface area contributed by atoms with Gasteiger partial charge in [0.05, 0.1) is 25.3 Å². The third kappa shape index (κ3) is 4.73. The Bertz CT molecular complexity index is 1280. The smallest absolute Gasteiger partial charge is 0.259 e. The maximum Gasteiger partial charge on any atom is 0.259 e. The van der Waals surface area contributed by atoms with E-state index in [9.17, 15) is 9.59 Å². The van der Waals surface area contributed by atoms with Gasteiger partial charge in [-0.25, -0.2) is 0 Å². The number of benzene rings is 3. The number of rotatable bonds is 6. The number of likely N-dealkylation sites (tertiary alicyclic amines) is 1. The summed E-state index contributed by atoms with van der Waals surface area (Å²) in [6, 6.07) is 19.2. The normalized spacial score (nSPS) is 14.8. The van der Waals surface area contributed by atoms with Crippen LogP contribution in [0.2, 0.25) is 0 Å². The van der Waals surface area contributed by atoms with Gasteiger partial charge in [-0.2, -0.15) is 0 Å². The molecule has 5 rings (SSSR count). The van der Waals surface area contributed by atoms with E-state index >= 15 is 0 Å². The molecule has 0 atom stereocenters. The molecule has 0 spiro atoms. The summed E-state index contributed by atoms with van der Waals surface area (Å²) in [6.45, 7) is 3.12. The highest BCUT2D eigenvalue weighted by Gasteiger charge is 2.26. The summed E-state index contributed by atoms with van der Waals surface area (Å²) in [5.41, 5.74) is 5.13. The molecule has 0 radical (unpaired) electrons. The predicted octanol–water partition coefficient (Wildman–Crippen LogP) is 4.75. The van der Waals surface area contributed by atoms with Crippen molar-refractivity contribution < 1.29 is 19.1 Å². The van der Waals surface area contributed by atoms with Gasteiger partial charge in [-0.1, -0.05) is 24.3 Å². The molecule has 0 aromatic heterocycles. The van der Waals surface area contributed by atoms with Crippen LogP contribution >= 0.6 is 0 Å². The Hall–Kier alpha value is -4.00. The molecule has 1 N–H and O–H groups in total. The van der Waals surface area contributed by atoms with E-state index in [2.05, 4.69) is 34.5 Å². The van der Waals surface area contributed by atoms with Crippen LogP contribution in [0.5, 0.6) is 11.5 Å². The second-order valence-electron chi connectivity index (χ2n) is 9.19. The third-order valence-corrected chi connectivity index (χ3v) is 7.00. The van der Waals surface area contributed by atoms with E-state index in [1.807, 2.05) is 23.1 Å². The number of hydrogen-bond acceptors (Lipinski definition) is 5. The Morgan fingerprint density at radius 2 is 1.61 bits per heavy atom. The van der Waals surface area contributed by atoms with Crippen LogP contribution in [0.15, 0.2) is 60.7 Å². The lowest BCUT2D eigenvalue weighted by Crippen LogP contribution is -2.34. The first-order chi connectivity index (χ1) is 17.6. The van der Waals surface area contributed by atoms with Crippen molar-refractivity contribution in [3.63, 3.8) is 0 Å². The lowest BCUT2D eigenvalue weighted by molar-refractivity contribution is 0.0793. The topological polar surface area (TPSA) is 71.1 Å². The van der Waals surface area contributed by atoms with Gasteiger partial charge in [0.1, 0.15) is 11.5 Å². The molecule has 0 bridgehead atoms. The van der Waals surface area contributed by atoms with Crippen LogP contribution in [0.25, 0.3) is 0 Å². The van der Waals surface area contributed by atoms with Crippen molar-refractivity contribution in [1.29, 1.82) is 0 Å². The summed E-state index contributed by atoms with van der Waals surface area (Å²) >= 11 is 0. The van der Waals surface area contributed by atoms with Crippen LogP contribution < -0.4 is 19.7 Å². The lowest BCUT2D eigenvalue weighted by atomic mass is 9.98. The minimum absolute atomic E-state index is 0.0134. The number of ether oxygens (including phenoxy) is 2. The fraction of sp³-hybridized carbons (Fsp3) is 0.310. The number of anilines is 2. The van der Waals surface area contributed by atoms with Crippen LogP contribution in [0.4, 0.5) is 11.4 Å². The van der Waals surface area contributed by atoms with E-state index in [4.69, 9.17) is 9.47 Å². The van der Waals surface area contributed by atoms with Gasteiger partial charge in [-0.3, -0.25) is 9.59 Å². The number of fused-ring (bicyclic) bond motifs is 1. The minimum Gasteiger partial charge on any atom is -0.497 e. The van der Waals surface area contributed by atoms with Gasteiger partial charge in [0.15, 0.2) is 0 Å². The zero-order valence-corrected chi connectivity index (χ0v) is 20.8. The molecule has 1 fully saturated rings. The molecule has 1 saturated heterocycles. The highest BCUT2D eigenvalue weighted by molar-refractivity contribution is 6.08. The monoisotopic (exact) mass is 485 g/mol. The van der Waals surface area contributed by atoms with Crippen LogP contribution in [-0.2, 0) is 13.0 Å². The van der Waals surface area contributed by atoms with Gasteiger partial charge in [0.2, 0.25) is 0 Å². The van der Waals surface area contributed by atoms with Crippen LogP contribution in [0.1, 0.15) is 44.7 Å². The highest BCUT2D eigenvalue weighted by Crippen LogP contribution is 2.32. The average Bonchev–Trinajstić information content (AvgIpc) is 3.47. The fourth-order valence-electron chi connectivity index (χ4n) is 5.04. The van der Waals surface area contributed by atoms with Crippen molar-refractivity contribution in [1.82, 2.24) is 4.90 Å². The largest absolute Gasteiger partial charge is 0.497 e. The molecule has 36 heavy (non-hydrogen) atoms. The molecule has 0 saturated carbocycles. The quantitative estimate of drug-likeness (QED) is 0.545. The standard InChI is InChI=1S/C29H31N3O4/c1-35-23-10-11-24(27(18-23)36-2)28(33)30-22-9-12-26(25(17-22)29(34)31-14-5-6-15-31)32-16-13-20-7-3-4-8-21(20)19-32/h3-4,7-12,17-18H,5-6,13-16,19H2,1-2H3,(H,30,33). The molecule has 2 aliphatic rings. The molecular weight excluding hydrogens is 454 g/mol. The van der Waals surface area contributed by atoms with Gasteiger partial charge in [0, 0.05) is 43.6 Å². The van der Waals surface area contributed by atoms with E-state index in [-0.39, 0.29) is 11.8 Å². The van der Waals surface area contributed by atoms with Crippen molar-refractivity contribution in [2.75, 3.05) is 44.1 Å². The summed E-state index contributed by atoms with van der Waals surface area (Å²) in [7, 11) is 3.08. The molecule has 2 aliphatic heterocycles. The van der Waals surface area contributed by atoms with Crippen molar-refractivity contribution in [3.8, 4) is 11.5 Å². The summed E-state index contributed by atoms with van der Waals surface area (Å²) in [4.78, 5) is 30.9. The van der Waals surface area contributed by atoms with E-state index in [0.717, 1.165) is 51.1 Å². The van der Waals surface area contributed by atoms with Crippen LogP contribution in [0, 0.1) is 0 Å². The van der Waals surface area contributed by atoms with Crippen molar-refractivity contribution in [3.05, 3.63) is 82.9 Å².